The molecule has 27 heavy (non-hydrogen) atoms. The average molecular weight is 365 g/mol. The van der Waals surface area contributed by atoms with Crippen LogP contribution in [0.25, 0.3) is 0 Å². The maximum absolute atomic E-state index is 12.5. The van der Waals surface area contributed by atoms with Crippen LogP contribution in [0.3, 0.4) is 0 Å². The number of nitrogens with one attached hydrogen (secondary N) is 2. The molecule has 1 aliphatic rings. The molecular weight excluding hydrogens is 338 g/mol. The number of carbonyl (C=O) groups is 2. The molecule has 1 aliphatic heterocycles. The molecule has 0 radical (unpaired) electrons. The second kappa shape index (κ2) is 8.71. The van der Waals surface area contributed by atoms with E-state index in [1.54, 1.807) is 0 Å². The fourth-order valence-corrected chi connectivity index (χ4v) is 3.46. The minimum absolute atomic E-state index is 0.0753. The van der Waals surface area contributed by atoms with Gasteiger partial charge in [-0.05, 0) is 55.0 Å². The molecule has 0 spiro atoms. The second-order valence-electron chi connectivity index (χ2n) is 6.97. The fourth-order valence-electron chi connectivity index (χ4n) is 3.46. The Hall–Kier alpha value is -2.82. The zero-order chi connectivity index (χ0) is 19.2. The van der Waals surface area contributed by atoms with Crippen molar-refractivity contribution in [1.29, 1.82) is 0 Å². The normalized spacial score (nSPS) is 13.5. The molecule has 0 unspecified atom stereocenters. The predicted molar refractivity (Wildman–Crippen MR) is 108 cm³/mol. The van der Waals surface area contributed by atoms with Crippen LogP contribution in [-0.4, -0.2) is 29.9 Å². The number of hydrogen-bond acceptors (Lipinski definition) is 2. The van der Waals surface area contributed by atoms with Gasteiger partial charge < -0.3 is 15.5 Å². The molecule has 2 aromatic rings. The van der Waals surface area contributed by atoms with Gasteiger partial charge in [-0.3, -0.25) is 4.79 Å². The van der Waals surface area contributed by atoms with Crippen molar-refractivity contribution in [3.63, 3.8) is 0 Å². The number of carbonyl (C=O) groups excluding carboxylic acids is 2. The van der Waals surface area contributed by atoms with Crippen LogP contribution >= 0.6 is 0 Å². The van der Waals surface area contributed by atoms with E-state index in [4.69, 9.17) is 0 Å². The Morgan fingerprint density at radius 3 is 2.56 bits per heavy atom. The molecule has 5 heteroatoms. The lowest BCUT2D eigenvalue weighted by Crippen LogP contribution is -2.29. The number of hydrogen-bond donors (Lipinski definition) is 2. The van der Waals surface area contributed by atoms with Gasteiger partial charge in [0.15, 0.2) is 0 Å². The second-order valence-corrected chi connectivity index (χ2v) is 6.97. The predicted octanol–water partition coefficient (Wildman–Crippen LogP) is 4.12. The first kappa shape index (κ1) is 19.0. The number of rotatable bonds is 5. The van der Waals surface area contributed by atoms with Gasteiger partial charge in [-0.2, -0.15) is 0 Å². The molecule has 1 saturated heterocycles. The number of anilines is 1. The van der Waals surface area contributed by atoms with Gasteiger partial charge in [0.2, 0.25) is 0 Å². The highest BCUT2D eigenvalue weighted by Gasteiger charge is 2.19. The number of benzene rings is 2. The molecule has 0 aromatic heterocycles. The van der Waals surface area contributed by atoms with E-state index in [0.29, 0.717) is 12.1 Å². The third-order valence-corrected chi connectivity index (χ3v) is 5.00. The molecule has 3 amide bonds. The summed E-state index contributed by atoms with van der Waals surface area (Å²) in [4.78, 5) is 26.7. The largest absolute Gasteiger partial charge is 0.339 e. The van der Waals surface area contributed by atoms with Crippen molar-refractivity contribution in [1.82, 2.24) is 10.2 Å². The number of nitrogens with zero attached hydrogens (tertiary/aromatic N) is 1. The lowest BCUT2D eigenvalue weighted by molar-refractivity contribution is 0.0792. The number of amides is 3. The highest BCUT2D eigenvalue weighted by Crippen LogP contribution is 2.21. The summed E-state index contributed by atoms with van der Waals surface area (Å²) in [5.74, 6) is 0.0753. The van der Waals surface area contributed by atoms with Crippen molar-refractivity contribution >= 4 is 17.6 Å². The van der Waals surface area contributed by atoms with Gasteiger partial charge in [-0.1, -0.05) is 37.3 Å². The summed E-state index contributed by atoms with van der Waals surface area (Å²) in [6.07, 6.45) is 3.01. The lowest BCUT2D eigenvalue weighted by atomic mass is 10.1. The van der Waals surface area contributed by atoms with Crippen molar-refractivity contribution in [2.75, 3.05) is 18.4 Å². The summed E-state index contributed by atoms with van der Waals surface area (Å²) in [5, 5.41) is 5.84. The topological polar surface area (TPSA) is 61.4 Å². The van der Waals surface area contributed by atoms with Crippen molar-refractivity contribution in [2.45, 2.75) is 39.7 Å². The molecule has 1 heterocycles. The number of aryl methyl sites for hydroxylation is 2. The first-order valence-corrected chi connectivity index (χ1v) is 9.60. The summed E-state index contributed by atoms with van der Waals surface area (Å²) in [6, 6.07) is 13.3. The Morgan fingerprint density at radius 1 is 1.07 bits per heavy atom. The standard InChI is InChI=1S/C22H27N3O2/c1-3-18-10-6-8-16(2)20(18)24-22(27)23-15-17-9-7-11-19(14-17)21(26)25-12-4-5-13-25/h6-11,14H,3-5,12-13,15H2,1-2H3,(H2,23,24,27). The van der Waals surface area contributed by atoms with E-state index < -0.39 is 0 Å². The van der Waals surface area contributed by atoms with Gasteiger partial charge in [0, 0.05) is 30.9 Å². The third-order valence-electron chi connectivity index (χ3n) is 5.00. The van der Waals surface area contributed by atoms with E-state index in [-0.39, 0.29) is 11.9 Å². The van der Waals surface area contributed by atoms with E-state index in [9.17, 15) is 9.59 Å². The Morgan fingerprint density at radius 2 is 1.81 bits per heavy atom. The molecular formula is C22H27N3O2. The van der Waals surface area contributed by atoms with E-state index in [0.717, 1.165) is 54.7 Å². The van der Waals surface area contributed by atoms with Gasteiger partial charge in [0.05, 0.1) is 0 Å². The van der Waals surface area contributed by atoms with Crippen LogP contribution in [0.1, 0.15) is 46.8 Å². The van der Waals surface area contributed by atoms with Crippen LogP contribution in [0.4, 0.5) is 10.5 Å². The third kappa shape index (κ3) is 4.67. The monoisotopic (exact) mass is 365 g/mol. The molecule has 0 aliphatic carbocycles. The van der Waals surface area contributed by atoms with Crippen LogP contribution in [0.15, 0.2) is 42.5 Å². The number of likely N-dealkylation sites (tertiary alicyclic amines) is 1. The van der Waals surface area contributed by atoms with Crippen LogP contribution in [0.2, 0.25) is 0 Å². The smallest absolute Gasteiger partial charge is 0.319 e. The van der Waals surface area contributed by atoms with Crippen LogP contribution in [0.5, 0.6) is 0 Å². The van der Waals surface area contributed by atoms with Gasteiger partial charge in [-0.15, -0.1) is 0 Å². The molecule has 2 N–H and O–H groups in total. The van der Waals surface area contributed by atoms with Crippen molar-refractivity contribution in [2.24, 2.45) is 0 Å². The first-order valence-electron chi connectivity index (χ1n) is 9.60. The van der Waals surface area contributed by atoms with Gasteiger partial charge in [0.1, 0.15) is 0 Å². The van der Waals surface area contributed by atoms with Crippen LogP contribution in [-0.2, 0) is 13.0 Å². The Bertz CT molecular complexity index is 826. The van der Waals surface area contributed by atoms with Gasteiger partial charge >= 0.3 is 6.03 Å². The molecule has 5 nitrogen and oxygen atoms in total. The highest BCUT2D eigenvalue weighted by atomic mass is 16.2. The van der Waals surface area contributed by atoms with Gasteiger partial charge in [0.25, 0.3) is 5.91 Å². The maximum Gasteiger partial charge on any atom is 0.319 e. The summed E-state index contributed by atoms with van der Waals surface area (Å²) in [7, 11) is 0. The summed E-state index contributed by atoms with van der Waals surface area (Å²) in [5.41, 5.74) is 4.63. The zero-order valence-electron chi connectivity index (χ0n) is 16.0. The number of para-hydroxylation sites is 1. The SMILES string of the molecule is CCc1cccc(C)c1NC(=O)NCc1cccc(C(=O)N2CCCC2)c1. The molecule has 0 bridgehead atoms. The van der Waals surface area contributed by atoms with Crippen molar-refractivity contribution in [3.05, 3.63) is 64.7 Å². The summed E-state index contributed by atoms with van der Waals surface area (Å²) < 4.78 is 0. The first-order chi connectivity index (χ1) is 13.1. The van der Waals surface area contributed by atoms with E-state index in [1.165, 1.54) is 0 Å². The lowest BCUT2D eigenvalue weighted by Gasteiger charge is -2.16. The minimum Gasteiger partial charge on any atom is -0.339 e. The summed E-state index contributed by atoms with van der Waals surface area (Å²) in [6.45, 7) is 6.10. The fraction of sp³-hybridized carbons (Fsp3) is 0.364. The summed E-state index contributed by atoms with van der Waals surface area (Å²) >= 11 is 0. The van der Waals surface area contributed by atoms with Crippen molar-refractivity contribution < 1.29 is 9.59 Å². The molecule has 3 rings (SSSR count). The molecule has 142 valence electrons. The van der Waals surface area contributed by atoms with Crippen molar-refractivity contribution in [3.8, 4) is 0 Å². The van der Waals surface area contributed by atoms with E-state index in [2.05, 4.69) is 17.6 Å². The average Bonchev–Trinajstić information content (AvgIpc) is 3.22. The molecule has 1 fully saturated rings. The molecule has 2 aromatic carbocycles. The van der Waals surface area contributed by atoms with Crippen LogP contribution < -0.4 is 10.6 Å². The highest BCUT2D eigenvalue weighted by molar-refractivity contribution is 5.94. The zero-order valence-corrected chi connectivity index (χ0v) is 16.0. The van der Waals surface area contributed by atoms with E-state index >= 15 is 0 Å². The molecule has 0 saturated carbocycles. The van der Waals surface area contributed by atoms with Crippen LogP contribution in [0, 0.1) is 6.92 Å². The molecule has 0 atom stereocenters. The van der Waals surface area contributed by atoms with E-state index in [1.807, 2.05) is 54.3 Å². The quantitative estimate of drug-likeness (QED) is 0.837. The Balaban J connectivity index is 1.61. The number of urea groups is 1. The maximum atomic E-state index is 12.5. The minimum atomic E-state index is -0.240. The van der Waals surface area contributed by atoms with Gasteiger partial charge in [-0.25, -0.2) is 4.79 Å². The Labute approximate surface area is 160 Å². The Kier molecular flexibility index (Phi) is 6.12.